The van der Waals surface area contributed by atoms with Gasteiger partial charge in [-0.15, -0.1) is 0 Å². The lowest BCUT2D eigenvalue weighted by Gasteiger charge is -2.17. The molecule has 13 nitrogen and oxygen atoms in total. The standard InChI is InChI=1S/C33H33N3O4.C29H25NO3.C2H7NO.H2/c1-24-27(11-7-13-30(24)26-9-4-3-5-10-26)23-39-29-14-15-31(33(35-16-18-37)36-17-19-38)32(21-29)40-22-25-8-6-12-28(20-25)34-2;1-21-24(12-8-14-27(21)23-10-5-4-6-11-23)20-32-26-15-16-28(31-3)29(18-26)33-19-22-9-7-13-25(17-22)30-2;3-1-2-4;/h3-15,20-21,37-38H,16-19,22-23H2,1H3,(H,35,36);4-18H,19-20H2,1,3H3;4H,1-3H2;1H. The van der Waals surface area contributed by atoms with Crippen LogP contribution in [0, 0.1) is 27.0 Å². The highest BCUT2D eigenvalue weighted by molar-refractivity contribution is 6.01. The van der Waals surface area contributed by atoms with Crippen molar-refractivity contribution in [2.45, 2.75) is 40.3 Å². The number of ether oxygens (including phenoxy) is 5. The first-order chi connectivity index (χ1) is 37.7. The van der Waals surface area contributed by atoms with Crippen LogP contribution in [0.25, 0.3) is 31.9 Å². The predicted octanol–water partition coefficient (Wildman–Crippen LogP) is 12.3. The molecule has 0 fully saturated rings. The van der Waals surface area contributed by atoms with Gasteiger partial charge in [-0.2, -0.15) is 0 Å². The van der Waals surface area contributed by atoms with Crippen LogP contribution in [0.3, 0.4) is 0 Å². The van der Waals surface area contributed by atoms with Crippen LogP contribution in [0.5, 0.6) is 28.7 Å². The van der Waals surface area contributed by atoms with E-state index in [0.717, 1.165) is 33.4 Å². The summed E-state index contributed by atoms with van der Waals surface area (Å²) in [6, 6.07) is 58.9. The Balaban J connectivity index is 0.000000270. The van der Waals surface area contributed by atoms with Crippen molar-refractivity contribution in [2.24, 2.45) is 10.7 Å². The number of aliphatic hydroxyl groups excluding tert-OH is 3. The van der Waals surface area contributed by atoms with E-state index in [0.29, 0.717) is 84.4 Å². The average molecular weight is 1030 g/mol. The van der Waals surface area contributed by atoms with Crippen molar-refractivity contribution in [1.82, 2.24) is 5.32 Å². The van der Waals surface area contributed by atoms with Gasteiger partial charge in [-0.3, -0.25) is 4.99 Å². The van der Waals surface area contributed by atoms with E-state index in [4.69, 9.17) is 47.7 Å². The molecule has 0 unspecified atom stereocenters. The summed E-state index contributed by atoms with van der Waals surface area (Å²) in [5, 5.41) is 29.6. The third-order valence-electron chi connectivity index (χ3n) is 12.0. The van der Waals surface area contributed by atoms with Gasteiger partial charge in [-0.25, -0.2) is 9.69 Å². The van der Waals surface area contributed by atoms with Crippen LogP contribution < -0.4 is 34.7 Å². The summed E-state index contributed by atoms with van der Waals surface area (Å²) in [5.41, 5.74) is 17.7. The molecule has 77 heavy (non-hydrogen) atoms. The molecule has 0 spiro atoms. The lowest BCUT2D eigenvalue weighted by molar-refractivity contribution is 0.274. The molecule has 0 aliphatic heterocycles. The summed E-state index contributed by atoms with van der Waals surface area (Å²) in [6.45, 7) is 20.9. The van der Waals surface area contributed by atoms with E-state index in [-0.39, 0.29) is 34.4 Å². The first-order valence-electron chi connectivity index (χ1n) is 25.1. The van der Waals surface area contributed by atoms with E-state index < -0.39 is 0 Å². The third kappa shape index (κ3) is 17.3. The van der Waals surface area contributed by atoms with Crippen molar-refractivity contribution in [3.8, 4) is 51.0 Å². The SMILES string of the molecule is NCCO.[C-]#[N+]c1cccc(COc2cc(OCc3cccc(-c4ccccc4)c3C)ccc2C(=NCCO)NCCO)c1.[C-]#[N+]c1cccc(COc2cc(OCc3cccc(-c4ccccc4)c3C)ccc2OC)c1.[HH]. The molecule has 0 atom stereocenters. The number of rotatable bonds is 21. The molecule has 8 aromatic carbocycles. The Morgan fingerprint density at radius 2 is 1.03 bits per heavy atom. The van der Waals surface area contributed by atoms with Crippen molar-refractivity contribution < 1.29 is 40.4 Å². The highest BCUT2D eigenvalue weighted by Crippen LogP contribution is 2.34. The van der Waals surface area contributed by atoms with Gasteiger partial charge in [0.25, 0.3) is 0 Å². The lowest BCUT2D eigenvalue weighted by Crippen LogP contribution is -2.28. The van der Waals surface area contributed by atoms with Gasteiger partial charge in [-0.1, -0.05) is 133 Å². The molecule has 8 aromatic rings. The molecule has 0 aromatic heterocycles. The zero-order valence-electron chi connectivity index (χ0n) is 43.7. The second kappa shape index (κ2) is 31.1. The largest absolute Gasteiger partial charge is 0.493 e. The lowest BCUT2D eigenvalue weighted by atomic mass is 9.97. The molecule has 0 bridgehead atoms. The number of aliphatic hydroxyl groups is 3. The van der Waals surface area contributed by atoms with Crippen LogP contribution in [-0.2, 0) is 26.4 Å². The van der Waals surface area contributed by atoms with Crippen molar-refractivity contribution in [1.29, 1.82) is 0 Å². The topological polar surface area (TPSA) is 166 Å². The second-order valence-electron chi connectivity index (χ2n) is 17.2. The molecule has 396 valence electrons. The summed E-state index contributed by atoms with van der Waals surface area (Å²) >= 11 is 0. The number of methoxy groups -OCH3 is 1. The van der Waals surface area contributed by atoms with Gasteiger partial charge in [0.15, 0.2) is 22.9 Å². The summed E-state index contributed by atoms with van der Waals surface area (Å²) in [5.74, 6) is 3.59. The van der Waals surface area contributed by atoms with Crippen molar-refractivity contribution >= 4 is 17.2 Å². The van der Waals surface area contributed by atoms with Gasteiger partial charge in [0.05, 0.1) is 52.2 Å². The molecular weight excluding hydrogens is 967 g/mol. The molecule has 0 saturated carbocycles. The number of nitrogens with two attached hydrogens (primary N) is 1. The van der Waals surface area contributed by atoms with Gasteiger partial charge < -0.3 is 50.1 Å². The van der Waals surface area contributed by atoms with Gasteiger partial charge >= 0.3 is 0 Å². The molecule has 8 rings (SSSR count). The Labute approximate surface area is 453 Å². The van der Waals surface area contributed by atoms with Gasteiger partial charge in [0, 0.05) is 26.6 Å². The molecule has 0 radical (unpaired) electrons. The average Bonchev–Trinajstić information content (AvgIpc) is 3.49. The summed E-state index contributed by atoms with van der Waals surface area (Å²) in [6.07, 6.45) is 0. The zero-order chi connectivity index (χ0) is 54.6. The smallest absolute Gasteiger partial charge is 0.187 e. The van der Waals surface area contributed by atoms with E-state index in [1.165, 1.54) is 22.3 Å². The summed E-state index contributed by atoms with van der Waals surface area (Å²) < 4.78 is 30.0. The number of hydrogen-bond acceptors (Lipinski definition) is 10. The Morgan fingerprint density at radius 3 is 1.51 bits per heavy atom. The summed E-state index contributed by atoms with van der Waals surface area (Å²) in [4.78, 5) is 11.4. The monoisotopic (exact) mass is 1030 g/mol. The minimum atomic E-state index is -0.105. The number of nitrogens with one attached hydrogen (secondary N) is 1. The van der Waals surface area contributed by atoms with Crippen molar-refractivity contribution in [3.63, 3.8) is 0 Å². The van der Waals surface area contributed by atoms with Gasteiger partial charge in [0.2, 0.25) is 0 Å². The quantitative estimate of drug-likeness (QED) is 0.0266. The highest BCUT2D eigenvalue weighted by Gasteiger charge is 2.15. The van der Waals surface area contributed by atoms with E-state index in [1.54, 1.807) is 25.3 Å². The Morgan fingerprint density at radius 1 is 0.532 bits per heavy atom. The molecule has 0 aliphatic rings. The fraction of sp³-hybridized carbons (Fsp3) is 0.203. The minimum absolute atomic E-state index is 0. The molecule has 0 heterocycles. The molecule has 0 amide bonds. The second-order valence-corrected chi connectivity index (χ2v) is 17.2. The molecule has 6 N–H and O–H groups in total. The number of aliphatic imine (C=N–C) groups is 1. The fourth-order valence-corrected chi connectivity index (χ4v) is 7.96. The summed E-state index contributed by atoms with van der Waals surface area (Å²) in [7, 11) is 1.61. The molecular formula is C64H67N5O8. The highest BCUT2D eigenvalue weighted by atomic mass is 16.5. The Kier molecular flexibility index (Phi) is 23.1. The fourth-order valence-electron chi connectivity index (χ4n) is 7.96. The van der Waals surface area contributed by atoms with Gasteiger partial charge in [-0.05, 0) is 106 Å². The Bertz CT molecular complexity index is 3230. The first-order valence-corrected chi connectivity index (χ1v) is 25.1. The van der Waals surface area contributed by atoms with Crippen LogP contribution in [-0.4, -0.2) is 67.7 Å². The van der Waals surface area contributed by atoms with Crippen LogP contribution >= 0.6 is 0 Å². The third-order valence-corrected chi connectivity index (χ3v) is 12.0. The minimum Gasteiger partial charge on any atom is -0.493 e. The maximum absolute atomic E-state index is 9.35. The number of nitrogens with zero attached hydrogens (tertiary/aromatic N) is 3. The normalized spacial score (nSPS) is 10.6. The van der Waals surface area contributed by atoms with Crippen LogP contribution in [0.15, 0.2) is 187 Å². The number of benzene rings is 8. The van der Waals surface area contributed by atoms with E-state index >= 15 is 0 Å². The van der Waals surface area contributed by atoms with Crippen LogP contribution in [0.1, 0.15) is 40.4 Å². The van der Waals surface area contributed by atoms with E-state index in [9.17, 15) is 10.2 Å². The molecule has 0 saturated heterocycles. The van der Waals surface area contributed by atoms with E-state index in [1.807, 2.05) is 97.1 Å². The first kappa shape index (κ1) is 57.3. The molecule has 13 heteroatoms. The van der Waals surface area contributed by atoms with Crippen LogP contribution in [0.2, 0.25) is 0 Å². The van der Waals surface area contributed by atoms with Gasteiger partial charge in [0.1, 0.15) is 49.5 Å². The zero-order valence-corrected chi connectivity index (χ0v) is 43.7. The maximum Gasteiger partial charge on any atom is 0.187 e. The molecule has 0 aliphatic carbocycles. The van der Waals surface area contributed by atoms with Crippen LogP contribution in [0.4, 0.5) is 11.4 Å². The number of hydrogen-bond donors (Lipinski definition) is 5. The predicted molar refractivity (Wildman–Crippen MR) is 307 cm³/mol. The van der Waals surface area contributed by atoms with E-state index in [2.05, 4.69) is 101 Å². The van der Waals surface area contributed by atoms with Crippen molar-refractivity contribution in [3.05, 3.63) is 244 Å². The maximum atomic E-state index is 9.35. The van der Waals surface area contributed by atoms with Crippen molar-refractivity contribution in [2.75, 3.05) is 46.6 Å². The number of amidine groups is 1. The Hall–Kier alpha value is -8.95.